The lowest BCUT2D eigenvalue weighted by molar-refractivity contribution is 0.127. The van der Waals surface area contributed by atoms with Crippen molar-refractivity contribution in [1.82, 2.24) is 0 Å². The molecule has 0 spiro atoms. The van der Waals surface area contributed by atoms with Gasteiger partial charge in [-0.05, 0) is 17.8 Å². The van der Waals surface area contributed by atoms with Crippen LogP contribution in [-0.4, -0.2) is 0 Å². The molecule has 0 bridgehead atoms. The molecule has 0 N–H and O–H groups in total. The third-order valence-corrected chi connectivity index (χ3v) is 4.44. The van der Waals surface area contributed by atoms with Gasteiger partial charge in [0.1, 0.15) is 0 Å². The van der Waals surface area contributed by atoms with Crippen molar-refractivity contribution in [3.8, 4) is 0 Å². The molecule has 1 aliphatic carbocycles. The van der Waals surface area contributed by atoms with E-state index in [9.17, 15) is 0 Å². The number of rotatable bonds is 6. The van der Waals surface area contributed by atoms with Crippen LogP contribution in [0.3, 0.4) is 0 Å². The summed E-state index contributed by atoms with van der Waals surface area (Å²) in [7, 11) is 0. The van der Waals surface area contributed by atoms with E-state index in [0.717, 1.165) is 17.8 Å². The predicted octanol–water partition coefficient (Wildman–Crippen LogP) is 5.42. The normalized spacial score (nSPS) is 31.8. The Kier molecular flexibility index (Phi) is 6.36. The molecule has 1 fully saturated rings. The molecule has 3 unspecified atom stereocenters. The highest BCUT2D eigenvalue weighted by Crippen LogP contribution is 2.41. The summed E-state index contributed by atoms with van der Waals surface area (Å²) in [6.07, 6.45) is 13.2. The summed E-state index contributed by atoms with van der Waals surface area (Å²) in [5, 5.41) is 0. The monoisotopic (exact) mass is 210 g/mol. The van der Waals surface area contributed by atoms with Gasteiger partial charge in [-0.1, -0.05) is 78.6 Å². The topological polar surface area (TPSA) is 0 Å². The molecule has 90 valence electrons. The number of hydrogen-bond acceptors (Lipinski definition) is 0. The lowest BCUT2D eigenvalue weighted by atomic mass is 9.68. The lowest BCUT2D eigenvalue weighted by Gasteiger charge is -2.38. The smallest absolute Gasteiger partial charge is 0.0358 e. The molecule has 0 aromatic carbocycles. The maximum absolute atomic E-state index is 2.40. The van der Waals surface area contributed by atoms with E-state index < -0.39 is 0 Å². The Balaban J connectivity index is 2.48. The summed E-state index contributed by atoms with van der Waals surface area (Å²) in [5.74, 6) is 3.20. The Morgan fingerprint density at radius 1 is 0.867 bits per heavy atom. The van der Waals surface area contributed by atoms with E-state index in [1.165, 1.54) is 57.8 Å². The van der Waals surface area contributed by atoms with Crippen LogP contribution in [0.4, 0.5) is 0 Å². The molecule has 1 rings (SSSR count). The highest BCUT2D eigenvalue weighted by atomic mass is 14.4. The van der Waals surface area contributed by atoms with Crippen molar-refractivity contribution in [2.75, 3.05) is 0 Å². The van der Waals surface area contributed by atoms with Gasteiger partial charge in [0.05, 0.1) is 0 Å². The average molecular weight is 210 g/mol. The van der Waals surface area contributed by atoms with Crippen LogP contribution >= 0.6 is 0 Å². The van der Waals surface area contributed by atoms with E-state index in [2.05, 4.69) is 20.8 Å². The largest absolute Gasteiger partial charge is 0.0654 e. The minimum Gasteiger partial charge on any atom is -0.0654 e. The first-order valence-corrected chi connectivity index (χ1v) is 7.33. The van der Waals surface area contributed by atoms with Crippen LogP contribution in [0.25, 0.3) is 0 Å². The minimum absolute atomic E-state index is 1.06. The molecule has 1 saturated carbocycles. The Labute approximate surface area is 96.8 Å². The van der Waals surface area contributed by atoms with Crippen molar-refractivity contribution < 1.29 is 0 Å². The molecule has 15 heavy (non-hydrogen) atoms. The van der Waals surface area contributed by atoms with Crippen molar-refractivity contribution in [2.24, 2.45) is 17.8 Å². The van der Waals surface area contributed by atoms with E-state index in [0.29, 0.717) is 0 Å². The molecular formula is C15H30. The Bertz CT molecular complexity index is 150. The maximum atomic E-state index is 2.40. The van der Waals surface area contributed by atoms with Crippen LogP contribution in [-0.2, 0) is 0 Å². The van der Waals surface area contributed by atoms with Crippen molar-refractivity contribution in [1.29, 1.82) is 0 Å². The molecule has 0 heterocycles. The predicted molar refractivity (Wildman–Crippen MR) is 69.0 cm³/mol. The van der Waals surface area contributed by atoms with Crippen molar-refractivity contribution in [3.05, 3.63) is 0 Å². The summed E-state index contributed by atoms with van der Waals surface area (Å²) in [6.45, 7) is 7.09. The average Bonchev–Trinajstić information content (AvgIpc) is 2.28. The standard InChI is InChI=1S/C15H30/c1-4-7-10-14-12-8-11-13(6-3)15(14)9-5-2/h13-15H,4-12H2,1-3H3. The lowest BCUT2D eigenvalue weighted by Crippen LogP contribution is -2.28. The molecule has 0 aromatic rings. The van der Waals surface area contributed by atoms with Gasteiger partial charge in [0.15, 0.2) is 0 Å². The second kappa shape index (κ2) is 7.30. The molecule has 0 aromatic heterocycles. The number of unbranched alkanes of at least 4 members (excludes halogenated alkanes) is 1. The van der Waals surface area contributed by atoms with Gasteiger partial charge in [-0.15, -0.1) is 0 Å². The molecule has 0 heteroatoms. The van der Waals surface area contributed by atoms with Crippen LogP contribution in [0.2, 0.25) is 0 Å². The van der Waals surface area contributed by atoms with Gasteiger partial charge in [0.25, 0.3) is 0 Å². The SMILES string of the molecule is CCCCC1CCCC(CC)C1CCC. The molecule has 0 saturated heterocycles. The summed E-state index contributed by atoms with van der Waals surface area (Å²) in [4.78, 5) is 0. The maximum Gasteiger partial charge on any atom is -0.0358 e. The van der Waals surface area contributed by atoms with Gasteiger partial charge in [-0.25, -0.2) is 0 Å². The van der Waals surface area contributed by atoms with Gasteiger partial charge in [-0.3, -0.25) is 0 Å². The second-order valence-electron chi connectivity index (χ2n) is 5.45. The zero-order chi connectivity index (χ0) is 11.1. The van der Waals surface area contributed by atoms with E-state index in [1.54, 1.807) is 0 Å². The number of hydrogen-bond donors (Lipinski definition) is 0. The molecule has 0 nitrogen and oxygen atoms in total. The zero-order valence-corrected chi connectivity index (χ0v) is 11.1. The van der Waals surface area contributed by atoms with Gasteiger partial charge < -0.3 is 0 Å². The van der Waals surface area contributed by atoms with Crippen LogP contribution in [0.15, 0.2) is 0 Å². The van der Waals surface area contributed by atoms with E-state index in [1.807, 2.05) is 0 Å². The quantitative estimate of drug-likeness (QED) is 0.549. The highest BCUT2D eigenvalue weighted by Gasteiger charge is 2.30. The van der Waals surface area contributed by atoms with E-state index >= 15 is 0 Å². The third-order valence-electron chi connectivity index (χ3n) is 4.44. The fraction of sp³-hybridized carbons (Fsp3) is 1.00. The first-order valence-electron chi connectivity index (χ1n) is 7.33. The van der Waals surface area contributed by atoms with Crippen LogP contribution in [0.1, 0.15) is 78.6 Å². The molecule has 0 amide bonds. The fourth-order valence-corrected chi connectivity index (χ4v) is 3.59. The minimum atomic E-state index is 1.06. The second-order valence-corrected chi connectivity index (χ2v) is 5.45. The van der Waals surface area contributed by atoms with Crippen LogP contribution in [0, 0.1) is 17.8 Å². The molecule has 0 aliphatic heterocycles. The Morgan fingerprint density at radius 3 is 2.20 bits per heavy atom. The molecular weight excluding hydrogens is 180 g/mol. The summed E-state index contributed by atoms with van der Waals surface area (Å²) in [5.41, 5.74) is 0. The summed E-state index contributed by atoms with van der Waals surface area (Å²) in [6, 6.07) is 0. The highest BCUT2D eigenvalue weighted by molar-refractivity contribution is 4.81. The van der Waals surface area contributed by atoms with E-state index in [-0.39, 0.29) is 0 Å². The third kappa shape index (κ3) is 3.81. The van der Waals surface area contributed by atoms with Gasteiger partial charge in [0.2, 0.25) is 0 Å². The van der Waals surface area contributed by atoms with Crippen molar-refractivity contribution >= 4 is 0 Å². The van der Waals surface area contributed by atoms with Gasteiger partial charge in [0, 0.05) is 0 Å². The Hall–Kier alpha value is 0. The summed E-state index contributed by atoms with van der Waals surface area (Å²) >= 11 is 0. The molecule has 3 atom stereocenters. The van der Waals surface area contributed by atoms with Crippen molar-refractivity contribution in [3.63, 3.8) is 0 Å². The van der Waals surface area contributed by atoms with Gasteiger partial charge in [-0.2, -0.15) is 0 Å². The first kappa shape index (κ1) is 13.1. The molecule has 1 aliphatic rings. The summed E-state index contributed by atoms with van der Waals surface area (Å²) < 4.78 is 0. The van der Waals surface area contributed by atoms with Crippen LogP contribution < -0.4 is 0 Å². The first-order chi connectivity index (χ1) is 7.33. The van der Waals surface area contributed by atoms with E-state index in [4.69, 9.17) is 0 Å². The van der Waals surface area contributed by atoms with Gasteiger partial charge >= 0.3 is 0 Å². The fourth-order valence-electron chi connectivity index (χ4n) is 3.59. The Morgan fingerprint density at radius 2 is 1.60 bits per heavy atom. The van der Waals surface area contributed by atoms with Crippen LogP contribution in [0.5, 0.6) is 0 Å². The molecule has 0 radical (unpaired) electrons. The van der Waals surface area contributed by atoms with Crippen molar-refractivity contribution in [2.45, 2.75) is 78.6 Å². The zero-order valence-electron chi connectivity index (χ0n) is 11.1.